The van der Waals surface area contributed by atoms with Crippen LogP contribution >= 0.6 is 0 Å². The Kier molecular flexibility index (Phi) is 2.70. The van der Waals surface area contributed by atoms with Crippen LogP contribution in [-0.4, -0.2) is 12.6 Å². The van der Waals surface area contributed by atoms with Gasteiger partial charge in [-0.1, -0.05) is 43.2 Å². The normalized spacial score (nSPS) is 26.6. The van der Waals surface area contributed by atoms with E-state index in [1.165, 1.54) is 42.1 Å². The van der Waals surface area contributed by atoms with Crippen molar-refractivity contribution in [3.8, 4) is 0 Å². The van der Waals surface area contributed by atoms with E-state index in [9.17, 15) is 0 Å². The van der Waals surface area contributed by atoms with Crippen LogP contribution in [-0.2, 0) is 4.84 Å². The summed E-state index contributed by atoms with van der Waals surface area (Å²) in [5.41, 5.74) is 1.22. The fraction of sp³-hybridized carbons (Fsp3) is 0.412. The summed E-state index contributed by atoms with van der Waals surface area (Å²) >= 11 is 0. The molecule has 1 saturated carbocycles. The van der Waals surface area contributed by atoms with Crippen molar-refractivity contribution in [1.29, 1.82) is 0 Å². The minimum absolute atomic E-state index is 0.593. The van der Waals surface area contributed by atoms with Crippen molar-refractivity contribution in [2.75, 3.05) is 11.7 Å². The molecule has 2 heteroatoms. The zero-order valence-corrected chi connectivity index (χ0v) is 11.1. The summed E-state index contributed by atoms with van der Waals surface area (Å²) in [5, 5.41) is 4.77. The molecule has 98 valence electrons. The standard InChI is InChI=1S/C17H19NO/c1-2-6-14-11-16(10-9-13(14)5-1)18-17-8-4-3-7-15(17)12-19-18/h1-2,5-6,9-11,15,17H,3-4,7-8,12H2. The third-order valence-corrected chi connectivity index (χ3v) is 4.59. The van der Waals surface area contributed by atoms with E-state index < -0.39 is 0 Å². The van der Waals surface area contributed by atoms with Gasteiger partial charge in [0.15, 0.2) is 0 Å². The molecule has 0 aromatic heterocycles. The largest absolute Gasteiger partial charge is 0.273 e. The second-order valence-corrected chi connectivity index (χ2v) is 5.76. The first-order valence-electron chi connectivity index (χ1n) is 7.33. The third kappa shape index (κ3) is 1.91. The van der Waals surface area contributed by atoms with E-state index >= 15 is 0 Å². The van der Waals surface area contributed by atoms with Gasteiger partial charge in [-0.2, -0.15) is 0 Å². The summed E-state index contributed by atoms with van der Waals surface area (Å²) < 4.78 is 0. The highest BCUT2D eigenvalue weighted by atomic mass is 16.7. The van der Waals surface area contributed by atoms with Crippen LogP contribution in [0.5, 0.6) is 0 Å². The average molecular weight is 253 g/mol. The van der Waals surface area contributed by atoms with Gasteiger partial charge in [0.25, 0.3) is 0 Å². The van der Waals surface area contributed by atoms with E-state index in [1.807, 2.05) is 0 Å². The summed E-state index contributed by atoms with van der Waals surface area (Å²) in [5.74, 6) is 0.736. The molecule has 0 bridgehead atoms. The molecular formula is C17H19NO. The molecule has 0 spiro atoms. The Morgan fingerprint density at radius 1 is 0.947 bits per heavy atom. The van der Waals surface area contributed by atoms with Crippen LogP contribution in [0.1, 0.15) is 25.7 Å². The van der Waals surface area contributed by atoms with E-state index in [2.05, 4.69) is 47.5 Å². The van der Waals surface area contributed by atoms with Crippen LogP contribution < -0.4 is 5.06 Å². The summed E-state index contributed by atoms with van der Waals surface area (Å²) in [6, 6.07) is 15.8. The zero-order valence-electron chi connectivity index (χ0n) is 11.1. The Labute approximate surface area is 113 Å². The second-order valence-electron chi connectivity index (χ2n) is 5.76. The van der Waals surface area contributed by atoms with Crippen LogP contribution in [0.15, 0.2) is 42.5 Å². The van der Waals surface area contributed by atoms with Gasteiger partial charge in [-0.15, -0.1) is 0 Å². The fourth-order valence-electron chi connectivity index (χ4n) is 3.54. The van der Waals surface area contributed by atoms with E-state index in [1.54, 1.807) is 0 Å². The van der Waals surface area contributed by atoms with Gasteiger partial charge >= 0.3 is 0 Å². The maximum atomic E-state index is 5.97. The second kappa shape index (κ2) is 4.53. The molecule has 2 atom stereocenters. The monoisotopic (exact) mass is 253 g/mol. The van der Waals surface area contributed by atoms with E-state index in [4.69, 9.17) is 4.84 Å². The minimum Gasteiger partial charge on any atom is -0.273 e. The first kappa shape index (κ1) is 11.3. The molecule has 2 aromatic carbocycles. The van der Waals surface area contributed by atoms with Crippen molar-refractivity contribution in [2.24, 2.45) is 5.92 Å². The molecule has 2 fully saturated rings. The Morgan fingerprint density at radius 2 is 1.79 bits per heavy atom. The van der Waals surface area contributed by atoms with Gasteiger partial charge in [-0.05, 0) is 35.7 Å². The molecule has 2 nitrogen and oxygen atoms in total. The van der Waals surface area contributed by atoms with Crippen molar-refractivity contribution in [3.05, 3.63) is 42.5 Å². The maximum Gasteiger partial charge on any atom is 0.0797 e. The number of hydrogen-bond donors (Lipinski definition) is 0. The van der Waals surface area contributed by atoms with Gasteiger partial charge in [0.1, 0.15) is 0 Å². The van der Waals surface area contributed by atoms with Crippen LogP contribution in [0.3, 0.4) is 0 Å². The fourth-order valence-corrected chi connectivity index (χ4v) is 3.54. The summed E-state index contributed by atoms with van der Waals surface area (Å²) in [6.45, 7) is 0.900. The summed E-state index contributed by atoms with van der Waals surface area (Å²) in [4.78, 5) is 5.97. The Balaban J connectivity index is 1.70. The summed E-state index contributed by atoms with van der Waals surface area (Å²) in [6.07, 6.45) is 5.32. The lowest BCUT2D eigenvalue weighted by Crippen LogP contribution is -2.34. The molecule has 1 aliphatic carbocycles. The van der Waals surface area contributed by atoms with E-state index in [0.717, 1.165) is 12.5 Å². The molecule has 1 saturated heterocycles. The lowest BCUT2D eigenvalue weighted by molar-refractivity contribution is 0.153. The smallest absolute Gasteiger partial charge is 0.0797 e. The quantitative estimate of drug-likeness (QED) is 0.757. The van der Waals surface area contributed by atoms with Gasteiger partial charge < -0.3 is 0 Å². The van der Waals surface area contributed by atoms with Gasteiger partial charge in [0.05, 0.1) is 18.3 Å². The van der Waals surface area contributed by atoms with Crippen LogP contribution in [0.2, 0.25) is 0 Å². The van der Waals surface area contributed by atoms with Crippen molar-refractivity contribution >= 4 is 16.5 Å². The Morgan fingerprint density at radius 3 is 2.74 bits per heavy atom. The Hall–Kier alpha value is -1.54. The van der Waals surface area contributed by atoms with E-state index in [-0.39, 0.29) is 0 Å². The first-order valence-corrected chi connectivity index (χ1v) is 7.33. The molecule has 0 amide bonds. The van der Waals surface area contributed by atoms with E-state index in [0.29, 0.717) is 6.04 Å². The molecule has 2 aromatic rings. The number of hydrogen-bond acceptors (Lipinski definition) is 2. The first-order chi connectivity index (χ1) is 9.42. The summed E-state index contributed by atoms with van der Waals surface area (Å²) in [7, 11) is 0. The molecule has 19 heavy (non-hydrogen) atoms. The van der Waals surface area contributed by atoms with Crippen LogP contribution in [0, 0.1) is 5.92 Å². The number of anilines is 1. The molecule has 1 heterocycles. The highest BCUT2D eigenvalue weighted by Gasteiger charge is 2.37. The lowest BCUT2D eigenvalue weighted by atomic mass is 9.85. The van der Waals surface area contributed by atoms with Gasteiger partial charge in [-0.3, -0.25) is 9.90 Å². The van der Waals surface area contributed by atoms with Crippen molar-refractivity contribution < 1.29 is 4.84 Å². The molecular weight excluding hydrogens is 234 g/mol. The molecule has 4 rings (SSSR count). The highest BCUT2D eigenvalue weighted by molar-refractivity contribution is 5.85. The molecule has 1 aliphatic heterocycles. The van der Waals surface area contributed by atoms with Crippen molar-refractivity contribution in [1.82, 2.24) is 0 Å². The topological polar surface area (TPSA) is 12.5 Å². The zero-order chi connectivity index (χ0) is 12.7. The number of hydroxylamine groups is 1. The van der Waals surface area contributed by atoms with Gasteiger partial charge in [-0.25, -0.2) is 0 Å². The predicted octanol–water partition coefficient (Wildman–Crippen LogP) is 4.15. The van der Waals surface area contributed by atoms with Gasteiger partial charge in [0.2, 0.25) is 0 Å². The maximum absolute atomic E-state index is 5.97. The predicted molar refractivity (Wildman–Crippen MR) is 78.1 cm³/mol. The van der Waals surface area contributed by atoms with Crippen molar-refractivity contribution in [3.63, 3.8) is 0 Å². The number of rotatable bonds is 1. The minimum atomic E-state index is 0.593. The molecule has 2 unspecified atom stereocenters. The lowest BCUT2D eigenvalue weighted by Gasteiger charge is -2.30. The average Bonchev–Trinajstić information content (AvgIpc) is 2.91. The molecule has 2 aliphatic rings. The van der Waals surface area contributed by atoms with Gasteiger partial charge in [0, 0.05) is 5.92 Å². The number of fused-ring (bicyclic) bond motifs is 2. The van der Waals surface area contributed by atoms with Crippen LogP contribution in [0.4, 0.5) is 5.69 Å². The molecule has 0 radical (unpaired) electrons. The van der Waals surface area contributed by atoms with Crippen molar-refractivity contribution in [2.45, 2.75) is 31.7 Å². The number of benzene rings is 2. The Bertz CT molecular complexity index is 595. The highest BCUT2D eigenvalue weighted by Crippen LogP contribution is 2.37. The van der Waals surface area contributed by atoms with Crippen LogP contribution in [0.25, 0.3) is 10.8 Å². The third-order valence-electron chi connectivity index (χ3n) is 4.59. The number of nitrogens with zero attached hydrogens (tertiary/aromatic N) is 1. The SMILES string of the molecule is c1ccc2cc(N3OCC4CCCCC43)ccc2c1. The molecule has 0 N–H and O–H groups in total.